The van der Waals surface area contributed by atoms with E-state index in [1.54, 1.807) is 29.3 Å². The van der Waals surface area contributed by atoms with Gasteiger partial charge in [0.1, 0.15) is 17.1 Å². The molecule has 2 amide bonds. The van der Waals surface area contributed by atoms with Crippen molar-refractivity contribution < 1.29 is 23.1 Å². The van der Waals surface area contributed by atoms with E-state index >= 15 is 0 Å². The van der Waals surface area contributed by atoms with Gasteiger partial charge in [-0.25, -0.2) is 9.40 Å². The summed E-state index contributed by atoms with van der Waals surface area (Å²) in [6.07, 6.45) is 1.31. The topological polar surface area (TPSA) is 83.8 Å². The molecule has 7 nitrogen and oxygen atoms in total. The standard InChI is InChI=1S/C22H20Cl2FN3O4/c23-14-1-4-19-13(9-14)10-20(32-19)22(30)26-15-5-7-28(8-6-15)27-21(29)12-31-16-2-3-17(24)18(25)11-16/h1-4,9-11,15H,5-8,12H2,(H,26,30)(H,27,29). The predicted molar refractivity (Wildman–Crippen MR) is 118 cm³/mol. The third kappa shape index (κ3) is 5.51. The Hall–Kier alpha value is -2.81. The van der Waals surface area contributed by atoms with Gasteiger partial charge in [-0.05, 0) is 49.2 Å². The Morgan fingerprint density at radius 1 is 1.12 bits per heavy atom. The molecule has 0 atom stereocenters. The average Bonchev–Trinajstić information content (AvgIpc) is 3.19. The zero-order chi connectivity index (χ0) is 22.7. The minimum Gasteiger partial charge on any atom is -0.484 e. The Bertz CT molecular complexity index is 1150. The van der Waals surface area contributed by atoms with E-state index in [4.69, 9.17) is 32.4 Å². The number of benzene rings is 2. The van der Waals surface area contributed by atoms with Crippen molar-refractivity contribution in [1.29, 1.82) is 0 Å². The number of nitrogens with one attached hydrogen (secondary N) is 2. The van der Waals surface area contributed by atoms with Gasteiger partial charge in [0.2, 0.25) is 0 Å². The molecule has 0 aliphatic carbocycles. The molecule has 3 aromatic rings. The highest BCUT2D eigenvalue weighted by Gasteiger charge is 2.23. The summed E-state index contributed by atoms with van der Waals surface area (Å²) in [5, 5.41) is 6.06. The molecule has 4 rings (SSSR count). The van der Waals surface area contributed by atoms with Crippen LogP contribution in [-0.4, -0.2) is 42.6 Å². The molecule has 2 N–H and O–H groups in total. The first-order valence-electron chi connectivity index (χ1n) is 9.99. The van der Waals surface area contributed by atoms with Crippen molar-refractivity contribution in [1.82, 2.24) is 15.8 Å². The minimum absolute atomic E-state index is 0.0125. The fraction of sp³-hybridized carbons (Fsp3) is 0.273. The quantitative estimate of drug-likeness (QED) is 0.553. The van der Waals surface area contributed by atoms with Crippen molar-refractivity contribution in [3.8, 4) is 5.75 Å². The lowest BCUT2D eigenvalue weighted by Crippen LogP contribution is -2.52. The Morgan fingerprint density at radius 2 is 1.91 bits per heavy atom. The summed E-state index contributed by atoms with van der Waals surface area (Å²) in [7, 11) is 0. The molecule has 1 saturated heterocycles. The Morgan fingerprint density at radius 3 is 2.66 bits per heavy atom. The zero-order valence-corrected chi connectivity index (χ0v) is 18.4. The van der Waals surface area contributed by atoms with Crippen LogP contribution in [0.5, 0.6) is 5.75 Å². The summed E-state index contributed by atoms with van der Waals surface area (Å²) < 4.78 is 24.3. The molecule has 2 aromatic carbocycles. The monoisotopic (exact) mass is 479 g/mol. The molecule has 32 heavy (non-hydrogen) atoms. The molecule has 0 bridgehead atoms. The van der Waals surface area contributed by atoms with E-state index < -0.39 is 5.82 Å². The molecule has 1 fully saturated rings. The second-order valence-corrected chi connectivity index (χ2v) is 8.27. The number of nitrogens with zero attached hydrogens (tertiary/aromatic N) is 1. The molecule has 1 aliphatic rings. The van der Waals surface area contributed by atoms with Crippen LogP contribution in [-0.2, 0) is 4.79 Å². The van der Waals surface area contributed by atoms with Crippen molar-refractivity contribution in [2.75, 3.05) is 19.7 Å². The first kappa shape index (κ1) is 22.4. The van der Waals surface area contributed by atoms with Crippen LogP contribution in [0.25, 0.3) is 11.0 Å². The summed E-state index contributed by atoms with van der Waals surface area (Å²) in [6.45, 7) is 0.859. The smallest absolute Gasteiger partial charge is 0.287 e. The number of hydrazine groups is 1. The molecule has 2 heterocycles. The maximum atomic E-state index is 13.4. The average molecular weight is 480 g/mol. The van der Waals surface area contributed by atoms with Crippen LogP contribution in [0.2, 0.25) is 10.0 Å². The number of ether oxygens (including phenoxy) is 1. The van der Waals surface area contributed by atoms with Crippen LogP contribution in [0.4, 0.5) is 4.39 Å². The third-order valence-corrected chi connectivity index (χ3v) is 5.62. The number of carbonyl (C=O) groups is 2. The van der Waals surface area contributed by atoms with Gasteiger partial charge in [-0.3, -0.25) is 15.0 Å². The lowest BCUT2D eigenvalue weighted by Gasteiger charge is -2.32. The predicted octanol–water partition coefficient (Wildman–Crippen LogP) is 4.18. The van der Waals surface area contributed by atoms with Gasteiger partial charge >= 0.3 is 0 Å². The van der Waals surface area contributed by atoms with Crippen LogP contribution in [0.15, 0.2) is 46.9 Å². The Labute approximate surface area is 193 Å². The summed E-state index contributed by atoms with van der Waals surface area (Å²) in [5.41, 5.74) is 3.35. The first-order valence-corrected chi connectivity index (χ1v) is 10.8. The van der Waals surface area contributed by atoms with Gasteiger partial charge in [-0.2, -0.15) is 0 Å². The van der Waals surface area contributed by atoms with Gasteiger partial charge < -0.3 is 14.5 Å². The number of fused-ring (bicyclic) bond motifs is 1. The van der Waals surface area contributed by atoms with Crippen LogP contribution < -0.4 is 15.5 Å². The molecule has 10 heteroatoms. The van der Waals surface area contributed by atoms with E-state index in [1.807, 2.05) is 0 Å². The van der Waals surface area contributed by atoms with Crippen molar-refractivity contribution in [2.24, 2.45) is 0 Å². The van der Waals surface area contributed by atoms with Crippen molar-refractivity contribution in [2.45, 2.75) is 18.9 Å². The molecular formula is C22H20Cl2FN3O4. The van der Waals surface area contributed by atoms with Crippen LogP contribution in [0.1, 0.15) is 23.4 Å². The zero-order valence-electron chi connectivity index (χ0n) is 16.9. The van der Waals surface area contributed by atoms with Crippen molar-refractivity contribution >= 4 is 46.0 Å². The number of furan rings is 1. The number of rotatable bonds is 6. The Kier molecular flexibility index (Phi) is 6.83. The minimum atomic E-state index is -0.611. The molecular weight excluding hydrogens is 460 g/mol. The van der Waals surface area contributed by atoms with Gasteiger partial charge in [0, 0.05) is 35.6 Å². The molecule has 0 saturated carbocycles. The van der Waals surface area contributed by atoms with Crippen molar-refractivity contribution in [3.63, 3.8) is 0 Å². The lowest BCUT2D eigenvalue weighted by molar-refractivity contribution is -0.128. The van der Waals surface area contributed by atoms with E-state index in [9.17, 15) is 14.0 Å². The molecule has 0 radical (unpaired) electrons. The first-order chi connectivity index (χ1) is 15.4. The number of hydrogen-bond acceptors (Lipinski definition) is 5. The Balaban J connectivity index is 1.21. The fourth-order valence-corrected chi connectivity index (χ4v) is 3.74. The van der Waals surface area contributed by atoms with E-state index in [1.165, 1.54) is 12.1 Å². The van der Waals surface area contributed by atoms with E-state index in [-0.39, 0.29) is 41.0 Å². The number of piperidine rings is 1. The second-order valence-electron chi connectivity index (χ2n) is 7.43. The number of halogens is 3. The molecule has 1 aliphatic heterocycles. The second kappa shape index (κ2) is 9.77. The number of amides is 2. The summed E-state index contributed by atoms with van der Waals surface area (Å²) in [4.78, 5) is 24.6. The summed E-state index contributed by atoms with van der Waals surface area (Å²) in [5.74, 6) is -0.808. The molecule has 1 aromatic heterocycles. The third-order valence-electron chi connectivity index (χ3n) is 5.08. The van der Waals surface area contributed by atoms with E-state index in [0.29, 0.717) is 36.5 Å². The van der Waals surface area contributed by atoms with Gasteiger partial charge in [-0.15, -0.1) is 0 Å². The van der Waals surface area contributed by atoms with Crippen molar-refractivity contribution in [3.05, 3.63) is 64.1 Å². The number of hydrogen-bond donors (Lipinski definition) is 2. The largest absolute Gasteiger partial charge is 0.484 e. The van der Waals surface area contributed by atoms with E-state index in [0.717, 1.165) is 11.5 Å². The maximum absolute atomic E-state index is 13.4. The molecule has 0 unspecified atom stereocenters. The maximum Gasteiger partial charge on any atom is 0.287 e. The summed E-state index contributed by atoms with van der Waals surface area (Å²) >= 11 is 11.6. The van der Waals surface area contributed by atoms with Gasteiger partial charge in [0.15, 0.2) is 12.4 Å². The SMILES string of the molecule is O=C(COc1ccc(Cl)c(F)c1)NN1CCC(NC(=O)c2cc3cc(Cl)ccc3o2)CC1. The highest BCUT2D eigenvalue weighted by molar-refractivity contribution is 6.31. The van der Waals surface area contributed by atoms with Gasteiger partial charge in [0.05, 0.1) is 5.02 Å². The van der Waals surface area contributed by atoms with Gasteiger partial charge in [-0.1, -0.05) is 23.2 Å². The van der Waals surface area contributed by atoms with Crippen LogP contribution in [0.3, 0.4) is 0 Å². The lowest BCUT2D eigenvalue weighted by atomic mass is 10.1. The molecule has 0 spiro atoms. The van der Waals surface area contributed by atoms with Crippen LogP contribution >= 0.6 is 23.2 Å². The number of carbonyl (C=O) groups excluding carboxylic acids is 2. The van der Waals surface area contributed by atoms with E-state index in [2.05, 4.69) is 10.7 Å². The highest BCUT2D eigenvalue weighted by atomic mass is 35.5. The van der Waals surface area contributed by atoms with Gasteiger partial charge in [0.25, 0.3) is 11.8 Å². The molecule has 168 valence electrons. The normalized spacial score (nSPS) is 15.0. The van der Waals surface area contributed by atoms with Crippen LogP contribution in [0, 0.1) is 5.82 Å². The fourth-order valence-electron chi connectivity index (χ4n) is 3.44. The summed E-state index contributed by atoms with van der Waals surface area (Å²) in [6, 6.07) is 10.8. The highest BCUT2D eigenvalue weighted by Crippen LogP contribution is 2.23.